The molecular weight excluding hydrogens is 94.1 g/mol. The van der Waals surface area contributed by atoms with E-state index in [0.717, 1.165) is 0 Å². The Balaban J connectivity index is 2.99. The summed E-state index contributed by atoms with van der Waals surface area (Å²) < 4.78 is 1.86. The maximum absolute atomic E-state index is 4.03. The maximum Gasteiger partial charge on any atom is 0.0140 e. The molecule has 0 heterocycles. The van der Waals surface area contributed by atoms with Crippen LogP contribution in [0.4, 0.5) is 0 Å². The van der Waals surface area contributed by atoms with E-state index in [2.05, 4.69) is 26.7 Å². The summed E-state index contributed by atoms with van der Waals surface area (Å²) in [6.45, 7) is 4.18. The lowest BCUT2D eigenvalue weighted by Gasteiger charge is -2.10. The summed E-state index contributed by atoms with van der Waals surface area (Å²) in [4.78, 5) is 0. The van der Waals surface area contributed by atoms with Crippen molar-refractivity contribution in [3.05, 3.63) is 0 Å². The molecule has 0 aromatic heterocycles. The quantitative estimate of drug-likeness (QED) is 0.490. The van der Waals surface area contributed by atoms with Crippen LogP contribution in [0, 0.1) is 0 Å². The molecule has 0 saturated carbocycles. The lowest BCUT2D eigenvalue weighted by molar-refractivity contribution is 0.475. The monoisotopic (exact) mass is 105 g/mol. The average molecular weight is 105 g/mol. The molecule has 0 aliphatic rings. The van der Waals surface area contributed by atoms with Crippen molar-refractivity contribution in [2.45, 2.75) is 19.9 Å². The molecule has 0 fully saturated rings. The van der Waals surface area contributed by atoms with Crippen LogP contribution in [0.25, 0.3) is 0 Å². The molecule has 0 aromatic carbocycles. The Bertz CT molecular complexity index is 28.5. The summed E-state index contributed by atoms with van der Waals surface area (Å²) in [5.41, 5.74) is 0. The molecule has 0 amide bonds. The summed E-state index contributed by atoms with van der Waals surface area (Å²) >= 11 is 4.03. The Morgan fingerprint density at radius 1 is 1.50 bits per heavy atom. The molecule has 0 aliphatic heterocycles. The van der Waals surface area contributed by atoms with Gasteiger partial charge in [0.25, 0.3) is 0 Å². The molecule has 0 aliphatic carbocycles. The lowest BCUT2D eigenvalue weighted by Crippen LogP contribution is -2.14. The van der Waals surface area contributed by atoms with E-state index in [1.807, 2.05) is 11.4 Å². The highest BCUT2D eigenvalue weighted by Crippen LogP contribution is 1.93. The molecule has 6 heavy (non-hydrogen) atoms. The fraction of sp³-hybridized carbons (Fsp3) is 1.00. The zero-order valence-corrected chi connectivity index (χ0v) is 5.37. The molecular formula is C4H11NS. The molecule has 0 aromatic rings. The second kappa shape index (κ2) is 2.48. The number of thiol groups is 1. The first-order valence-corrected chi connectivity index (χ1v) is 2.46. The fourth-order valence-corrected chi connectivity index (χ4v) is 0. The average Bonchev–Trinajstić information content (AvgIpc) is 1.36. The van der Waals surface area contributed by atoms with Gasteiger partial charge in [-0.3, -0.25) is 4.31 Å². The van der Waals surface area contributed by atoms with Crippen LogP contribution in [0.1, 0.15) is 13.8 Å². The van der Waals surface area contributed by atoms with Crippen molar-refractivity contribution in [2.75, 3.05) is 7.05 Å². The van der Waals surface area contributed by atoms with Crippen molar-refractivity contribution < 1.29 is 0 Å². The third-order valence-corrected chi connectivity index (χ3v) is 1.21. The minimum absolute atomic E-state index is 0.549. The van der Waals surface area contributed by atoms with Crippen molar-refractivity contribution in [2.24, 2.45) is 0 Å². The minimum Gasteiger partial charge on any atom is -0.254 e. The molecule has 0 rings (SSSR count). The maximum atomic E-state index is 4.03. The van der Waals surface area contributed by atoms with E-state index in [-0.39, 0.29) is 0 Å². The number of hydrogen-bond acceptors (Lipinski definition) is 2. The first-order chi connectivity index (χ1) is 2.64. The molecule has 0 N–H and O–H groups in total. The van der Waals surface area contributed by atoms with Crippen molar-refractivity contribution in [1.29, 1.82) is 0 Å². The van der Waals surface area contributed by atoms with Crippen LogP contribution in [0.2, 0.25) is 0 Å². The van der Waals surface area contributed by atoms with E-state index in [1.165, 1.54) is 0 Å². The predicted octanol–water partition coefficient (Wildman–Crippen LogP) is 1.17. The van der Waals surface area contributed by atoms with Crippen molar-refractivity contribution in [3.63, 3.8) is 0 Å². The summed E-state index contributed by atoms with van der Waals surface area (Å²) in [6.07, 6.45) is 0. The first kappa shape index (κ1) is 6.31. The molecule has 0 radical (unpaired) electrons. The highest BCUT2D eigenvalue weighted by molar-refractivity contribution is 7.77. The first-order valence-electron chi connectivity index (χ1n) is 2.06. The Morgan fingerprint density at radius 3 is 1.67 bits per heavy atom. The lowest BCUT2D eigenvalue weighted by atomic mass is 10.4. The fourth-order valence-electron chi connectivity index (χ4n) is 0. The molecule has 0 spiro atoms. The minimum atomic E-state index is 0.549. The van der Waals surface area contributed by atoms with E-state index in [1.54, 1.807) is 0 Å². The van der Waals surface area contributed by atoms with Crippen molar-refractivity contribution in [3.8, 4) is 0 Å². The summed E-state index contributed by atoms with van der Waals surface area (Å²) in [5, 5.41) is 0. The second-order valence-electron chi connectivity index (χ2n) is 1.67. The molecule has 0 unspecified atom stereocenters. The van der Waals surface area contributed by atoms with Gasteiger partial charge in [0.2, 0.25) is 0 Å². The normalized spacial score (nSPS) is 11.0. The van der Waals surface area contributed by atoms with Crippen LogP contribution in [0.3, 0.4) is 0 Å². The summed E-state index contributed by atoms with van der Waals surface area (Å²) in [5.74, 6) is 0. The van der Waals surface area contributed by atoms with Gasteiger partial charge in [-0.25, -0.2) is 0 Å². The smallest absolute Gasteiger partial charge is 0.0140 e. The van der Waals surface area contributed by atoms with Gasteiger partial charge in [-0.2, -0.15) is 0 Å². The topological polar surface area (TPSA) is 3.24 Å². The van der Waals surface area contributed by atoms with Gasteiger partial charge < -0.3 is 0 Å². The van der Waals surface area contributed by atoms with Gasteiger partial charge in [-0.05, 0) is 20.9 Å². The predicted molar refractivity (Wildman–Crippen MR) is 31.9 cm³/mol. The third-order valence-electron chi connectivity index (χ3n) is 0.747. The van der Waals surface area contributed by atoms with Crippen LogP contribution < -0.4 is 0 Å². The van der Waals surface area contributed by atoms with Crippen LogP contribution in [-0.2, 0) is 0 Å². The molecule has 38 valence electrons. The highest BCUT2D eigenvalue weighted by atomic mass is 32.1. The van der Waals surface area contributed by atoms with E-state index < -0.39 is 0 Å². The van der Waals surface area contributed by atoms with Gasteiger partial charge in [0.15, 0.2) is 0 Å². The standard InChI is InChI=1S/C4H11NS/c1-4(2)5(3)6/h4,6H,1-3H3. The molecule has 0 saturated heterocycles. The highest BCUT2D eigenvalue weighted by Gasteiger charge is 1.91. The van der Waals surface area contributed by atoms with Gasteiger partial charge in [-0.1, -0.05) is 12.8 Å². The SMILES string of the molecule is CC(C)N(C)S. The van der Waals surface area contributed by atoms with Crippen molar-refractivity contribution >= 4 is 12.8 Å². The van der Waals surface area contributed by atoms with Gasteiger partial charge >= 0.3 is 0 Å². The van der Waals surface area contributed by atoms with Gasteiger partial charge in [0.1, 0.15) is 0 Å². The molecule has 0 atom stereocenters. The van der Waals surface area contributed by atoms with Crippen LogP contribution in [0.15, 0.2) is 0 Å². The van der Waals surface area contributed by atoms with Crippen LogP contribution in [-0.4, -0.2) is 17.4 Å². The van der Waals surface area contributed by atoms with Gasteiger partial charge in [0.05, 0.1) is 0 Å². The van der Waals surface area contributed by atoms with E-state index >= 15 is 0 Å². The second-order valence-corrected chi connectivity index (χ2v) is 2.30. The largest absolute Gasteiger partial charge is 0.254 e. The number of nitrogens with zero attached hydrogens (tertiary/aromatic N) is 1. The zero-order valence-electron chi connectivity index (χ0n) is 4.47. The number of hydrogen-bond donors (Lipinski definition) is 1. The molecule has 0 bridgehead atoms. The van der Waals surface area contributed by atoms with Crippen LogP contribution in [0.5, 0.6) is 0 Å². The Labute approximate surface area is 44.9 Å². The third kappa shape index (κ3) is 2.54. The molecule has 2 heteroatoms. The Hall–Kier alpha value is 0.310. The molecule has 1 nitrogen and oxygen atoms in total. The van der Waals surface area contributed by atoms with E-state index in [4.69, 9.17) is 0 Å². The summed E-state index contributed by atoms with van der Waals surface area (Å²) in [7, 11) is 1.94. The Kier molecular flexibility index (Phi) is 2.61. The zero-order chi connectivity index (χ0) is 5.15. The van der Waals surface area contributed by atoms with Crippen LogP contribution >= 0.6 is 12.8 Å². The van der Waals surface area contributed by atoms with Gasteiger partial charge in [-0.15, -0.1) is 0 Å². The Morgan fingerprint density at radius 2 is 1.67 bits per heavy atom. The summed E-state index contributed by atoms with van der Waals surface area (Å²) in [6, 6.07) is 0.549. The van der Waals surface area contributed by atoms with E-state index in [0.29, 0.717) is 6.04 Å². The van der Waals surface area contributed by atoms with Gasteiger partial charge in [0, 0.05) is 6.04 Å². The van der Waals surface area contributed by atoms with Crippen molar-refractivity contribution in [1.82, 2.24) is 4.31 Å². The van der Waals surface area contributed by atoms with E-state index in [9.17, 15) is 0 Å². The number of rotatable bonds is 1.